The Balaban J connectivity index is 1.61. The van der Waals surface area contributed by atoms with E-state index in [1.807, 2.05) is 0 Å². The molecule has 1 heterocycles. The van der Waals surface area contributed by atoms with E-state index in [1.165, 1.54) is 37.9 Å². The topological polar surface area (TPSA) is 15.3 Å². The lowest BCUT2D eigenvalue weighted by Gasteiger charge is -2.24. The molecule has 1 aromatic rings. The first-order valence-corrected chi connectivity index (χ1v) is 7.77. The van der Waals surface area contributed by atoms with E-state index in [1.54, 1.807) is 0 Å². The largest absolute Gasteiger partial charge is 0.315 e. The summed E-state index contributed by atoms with van der Waals surface area (Å²) < 4.78 is 0. The highest BCUT2D eigenvalue weighted by molar-refractivity contribution is 5.18. The summed E-state index contributed by atoms with van der Waals surface area (Å²) in [5.74, 6) is 0.649. The first-order chi connectivity index (χ1) is 9.27. The summed E-state index contributed by atoms with van der Waals surface area (Å²) in [5.41, 5.74) is 1.46. The van der Waals surface area contributed by atoms with Gasteiger partial charge in [0, 0.05) is 12.6 Å². The fourth-order valence-corrected chi connectivity index (χ4v) is 2.89. The molecular weight excluding hydrogens is 232 g/mol. The number of nitrogens with zero attached hydrogens (tertiary/aromatic N) is 1. The van der Waals surface area contributed by atoms with Crippen LogP contribution in [-0.2, 0) is 0 Å². The Morgan fingerprint density at radius 2 is 1.79 bits per heavy atom. The molecule has 2 rings (SSSR count). The Kier molecular flexibility index (Phi) is 5.87. The highest BCUT2D eigenvalue weighted by Gasteiger charge is 2.17. The molecule has 1 saturated heterocycles. The average Bonchev–Trinajstić information content (AvgIpc) is 2.98. The lowest BCUT2D eigenvalue weighted by atomic mass is 9.98. The van der Waals surface area contributed by atoms with Crippen LogP contribution in [0.1, 0.15) is 44.6 Å². The third-order valence-electron chi connectivity index (χ3n) is 4.33. The second-order valence-electron chi connectivity index (χ2n) is 5.90. The first-order valence-electron chi connectivity index (χ1n) is 7.77. The number of likely N-dealkylation sites (tertiary alicyclic amines) is 1. The zero-order chi connectivity index (χ0) is 13.5. The van der Waals surface area contributed by atoms with Crippen LogP contribution in [0.25, 0.3) is 0 Å². The standard InChI is InChI=1S/C17H28N2/c1-15(17-8-4-3-5-9-17)10-11-18-14-16(2)19-12-6-7-13-19/h3-5,8-9,15-16,18H,6-7,10-14H2,1-2H3. The SMILES string of the molecule is CC(CCNCC(C)N1CCCC1)c1ccccc1. The minimum atomic E-state index is 0.649. The maximum Gasteiger partial charge on any atom is 0.0192 e. The molecule has 1 aliphatic heterocycles. The maximum absolute atomic E-state index is 3.62. The van der Waals surface area contributed by atoms with E-state index < -0.39 is 0 Å². The summed E-state index contributed by atoms with van der Waals surface area (Å²) in [4.78, 5) is 2.60. The van der Waals surface area contributed by atoms with Gasteiger partial charge in [-0.15, -0.1) is 0 Å². The molecule has 19 heavy (non-hydrogen) atoms. The van der Waals surface area contributed by atoms with Crippen molar-refractivity contribution in [3.63, 3.8) is 0 Å². The molecule has 0 bridgehead atoms. The molecule has 0 amide bonds. The normalized spacial score (nSPS) is 19.5. The van der Waals surface area contributed by atoms with Gasteiger partial charge in [0.1, 0.15) is 0 Å². The summed E-state index contributed by atoms with van der Waals surface area (Å²) >= 11 is 0. The van der Waals surface area contributed by atoms with Gasteiger partial charge in [0.05, 0.1) is 0 Å². The summed E-state index contributed by atoms with van der Waals surface area (Å²) in [7, 11) is 0. The van der Waals surface area contributed by atoms with Crippen LogP contribution in [0.3, 0.4) is 0 Å². The lowest BCUT2D eigenvalue weighted by Crippen LogP contribution is -2.38. The second kappa shape index (κ2) is 7.66. The van der Waals surface area contributed by atoms with E-state index in [2.05, 4.69) is 54.4 Å². The lowest BCUT2D eigenvalue weighted by molar-refractivity contribution is 0.251. The van der Waals surface area contributed by atoms with E-state index >= 15 is 0 Å². The molecule has 2 atom stereocenters. The van der Waals surface area contributed by atoms with Gasteiger partial charge >= 0.3 is 0 Å². The minimum Gasteiger partial charge on any atom is -0.315 e. The minimum absolute atomic E-state index is 0.649. The van der Waals surface area contributed by atoms with Gasteiger partial charge in [-0.05, 0) is 57.3 Å². The number of benzene rings is 1. The van der Waals surface area contributed by atoms with Gasteiger partial charge in [-0.1, -0.05) is 37.3 Å². The molecule has 2 nitrogen and oxygen atoms in total. The Bertz CT molecular complexity index is 344. The molecular formula is C17H28N2. The fourth-order valence-electron chi connectivity index (χ4n) is 2.89. The van der Waals surface area contributed by atoms with Crippen LogP contribution in [0, 0.1) is 0 Å². The Morgan fingerprint density at radius 3 is 2.47 bits per heavy atom. The summed E-state index contributed by atoms with van der Waals surface area (Å²) in [6.07, 6.45) is 3.99. The van der Waals surface area contributed by atoms with Gasteiger partial charge in [-0.3, -0.25) is 4.90 Å². The van der Waals surface area contributed by atoms with Crippen LogP contribution in [-0.4, -0.2) is 37.1 Å². The van der Waals surface area contributed by atoms with Crippen molar-refractivity contribution in [3.8, 4) is 0 Å². The van der Waals surface area contributed by atoms with Gasteiger partial charge < -0.3 is 5.32 Å². The van der Waals surface area contributed by atoms with Crippen molar-refractivity contribution in [1.82, 2.24) is 10.2 Å². The molecule has 0 spiro atoms. The van der Waals surface area contributed by atoms with Gasteiger partial charge in [-0.25, -0.2) is 0 Å². The summed E-state index contributed by atoms with van der Waals surface area (Å²) in [6.45, 7) is 9.50. The van der Waals surface area contributed by atoms with Gasteiger partial charge in [0.2, 0.25) is 0 Å². The van der Waals surface area contributed by atoms with Crippen LogP contribution < -0.4 is 5.32 Å². The average molecular weight is 260 g/mol. The molecule has 1 aromatic carbocycles. The second-order valence-corrected chi connectivity index (χ2v) is 5.90. The highest BCUT2D eigenvalue weighted by atomic mass is 15.2. The van der Waals surface area contributed by atoms with E-state index in [0.29, 0.717) is 12.0 Å². The van der Waals surface area contributed by atoms with Crippen molar-refractivity contribution in [2.24, 2.45) is 0 Å². The number of hydrogen-bond acceptors (Lipinski definition) is 2. The van der Waals surface area contributed by atoms with Crippen LogP contribution in [0.2, 0.25) is 0 Å². The number of hydrogen-bond donors (Lipinski definition) is 1. The van der Waals surface area contributed by atoms with Gasteiger partial charge in [0.15, 0.2) is 0 Å². The smallest absolute Gasteiger partial charge is 0.0192 e. The van der Waals surface area contributed by atoms with Crippen LogP contribution in [0.15, 0.2) is 30.3 Å². The predicted octanol–water partition coefficient (Wildman–Crippen LogP) is 3.25. The zero-order valence-electron chi connectivity index (χ0n) is 12.4. The summed E-state index contributed by atoms with van der Waals surface area (Å²) in [5, 5.41) is 3.62. The molecule has 0 saturated carbocycles. The quantitative estimate of drug-likeness (QED) is 0.757. The Hall–Kier alpha value is -0.860. The van der Waals surface area contributed by atoms with Crippen molar-refractivity contribution in [3.05, 3.63) is 35.9 Å². The molecule has 2 unspecified atom stereocenters. The Morgan fingerprint density at radius 1 is 1.11 bits per heavy atom. The van der Waals surface area contributed by atoms with Gasteiger partial charge in [0.25, 0.3) is 0 Å². The van der Waals surface area contributed by atoms with Crippen LogP contribution in [0.4, 0.5) is 0 Å². The van der Waals surface area contributed by atoms with Crippen molar-refractivity contribution in [2.75, 3.05) is 26.2 Å². The van der Waals surface area contributed by atoms with Crippen molar-refractivity contribution in [1.29, 1.82) is 0 Å². The molecule has 1 aliphatic rings. The fraction of sp³-hybridized carbons (Fsp3) is 0.647. The summed E-state index contributed by atoms with van der Waals surface area (Å²) in [6, 6.07) is 11.5. The Labute approximate surface area is 118 Å². The van der Waals surface area contributed by atoms with Crippen molar-refractivity contribution < 1.29 is 0 Å². The molecule has 0 aliphatic carbocycles. The van der Waals surface area contributed by atoms with Crippen molar-refractivity contribution >= 4 is 0 Å². The van der Waals surface area contributed by atoms with E-state index in [-0.39, 0.29) is 0 Å². The molecule has 106 valence electrons. The third-order valence-corrected chi connectivity index (χ3v) is 4.33. The van der Waals surface area contributed by atoms with E-state index in [0.717, 1.165) is 13.1 Å². The molecule has 0 aromatic heterocycles. The van der Waals surface area contributed by atoms with E-state index in [9.17, 15) is 0 Å². The van der Waals surface area contributed by atoms with Crippen LogP contribution >= 0.6 is 0 Å². The maximum atomic E-state index is 3.62. The zero-order valence-corrected chi connectivity index (χ0v) is 12.4. The van der Waals surface area contributed by atoms with Gasteiger partial charge in [-0.2, -0.15) is 0 Å². The first kappa shape index (κ1) is 14.5. The molecule has 0 radical (unpaired) electrons. The number of nitrogens with one attached hydrogen (secondary N) is 1. The highest BCUT2D eigenvalue weighted by Crippen LogP contribution is 2.17. The van der Waals surface area contributed by atoms with Crippen molar-refractivity contribution in [2.45, 2.75) is 45.1 Å². The third kappa shape index (κ3) is 4.63. The molecule has 1 N–H and O–H groups in total. The van der Waals surface area contributed by atoms with E-state index in [4.69, 9.17) is 0 Å². The monoisotopic (exact) mass is 260 g/mol. The number of rotatable bonds is 7. The molecule has 1 fully saturated rings. The van der Waals surface area contributed by atoms with Crippen LogP contribution in [0.5, 0.6) is 0 Å². The predicted molar refractivity (Wildman–Crippen MR) is 82.6 cm³/mol. The molecule has 2 heteroatoms.